The third-order valence-corrected chi connectivity index (χ3v) is 3.26. The van der Waals surface area contributed by atoms with E-state index in [9.17, 15) is 19.3 Å². The summed E-state index contributed by atoms with van der Waals surface area (Å²) in [5.41, 5.74) is 6.17. The van der Waals surface area contributed by atoms with Gasteiger partial charge in [-0.25, -0.2) is 9.18 Å². The fraction of sp³-hybridized carbons (Fsp3) is 0.188. The number of nitrogens with two attached hydrogens (primary N) is 1. The van der Waals surface area contributed by atoms with Gasteiger partial charge in [-0.3, -0.25) is 15.0 Å². The smallest absolute Gasteiger partial charge is 0.414 e. The number of rotatable bonds is 5. The van der Waals surface area contributed by atoms with Gasteiger partial charge < -0.3 is 10.5 Å². The number of carbonyl (C=O) groups is 1. The molecule has 126 valence electrons. The molecule has 0 aliphatic heterocycles. The molecule has 0 fully saturated rings. The fourth-order valence-electron chi connectivity index (χ4n) is 2.09. The summed E-state index contributed by atoms with van der Waals surface area (Å²) in [5.74, 6) is -0.399. The number of halogens is 1. The molecule has 0 atom stereocenters. The van der Waals surface area contributed by atoms with Gasteiger partial charge in [0.1, 0.15) is 11.5 Å². The van der Waals surface area contributed by atoms with Gasteiger partial charge in [-0.1, -0.05) is 12.1 Å². The Morgan fingerprint density at radius 3 is 2.54 bits per heavy atom. The second-order valence-corrected chi connectivity index (χ2v) is 4.91. The quantitative estimate of drug-likeness (QED) is 0.513. The lowest BCUT2D eigenvalue weighted by molar-refractivity contribution is -0.383. The summed E-state index contributed by atoms with van der Waals surface area (Å²) in [4.78, 5) is 23.8. The van der Waals surface area contributed by atoms with E-state index in [1.54, 1.807) is 6.92 Å². The van der Waals surface area contributed by atoms with Crippen LogP contribution in [-0.4, -0.2) is 17.6 Å². The van der Waals surface area contributed by atoms with Crippen molar-refractivity contribution in [3.05, 3.63) is 64.0 Å². The van der Waals surface area contributed by atoms with Crippen molar-refractivity contribution in [1.82, 2.24) is 0 Å². The van der Waals surface area contributed by atoms with Crippen molar-refractivity contribution in [1.29, 1.82) is 0 Å². The third-order valence-electron chi connectivity index (χ3n) is 3.26. The van der Waals surface area contributed by atoms with Crippen LogP contribution in [0.1, 0.15) is 12.5 Å². The Kier molecular flexibility index (Phi) is 5.31. The Labute approximate surface area is 137 Å². The first kappa shape index (κ1) is 17.2. The van der Waals surface area contributed by atoms with Crippen molar-refractivity contribution >= 4 is 23.2 Å². The van der Waals surface area contributed by atoms with E-state index < -0.39 is 16.8 Å². The predicted octanol–water partition coefficient (Wildman–Crippen LogP) is 3.48. The second kappa shape index (κ2) is 7.40. The maximum Gasteiger partial charge on any atom is 0.414 e. The molecule has 2 aromatic carbocycles. The lowest BCUT2D eigenvalue weighted by Gasteiger charge is -2.22. The zero-order chi connectivity index (χ0) is 17.7. The Bertz CT molecular complexity index is 749. The van der Waals surface area contributed by atoms with Gasteiger partial charge in [0, 0.05) is 6.07 Å². The van der Waals surface area contributed by atoms with Gasteiger partial charge in [0.15, 0.2) is 0 Å². The molecule has 7 nitrogen and oxygen atoms in total. The number of hydrogen-bond donors (Lipinski definition) is 1. The molecule has 0 heterocycles. The number of carbonyl (C=O) groups excluding carboxylic acids is 1. The zero-order valence-electron chi connectivity index (χ0n) is 12.9. The van der Waals surface area contributed by atoms with Crippen LogP contribution in [0.3, 0.4) is 0 Å². The van der Waals surface area contributed by atoms with E-state index in [1.807, 2.05) is 0 Å². The van der Waals surface area contributed by atoms with Crippen LogP contribution >= 0.6 is 0 Å². The van der Waals surface area contributed by atoms with Gasteiger partial charge in [0.05, 0.1) is 23.8 Å². The molecule has 0 saturated heterocycles. The highest BCUT2D eigenvalue weighted by molar-refractivity contribution is 5.88. The average molecular weight is 333 g/mol. The van der Waals surface area contributed by atoms with Crippen LogP contribution in [0.2, 0.25) is 0 Å². The molecule has 24 heavy (non-hydrogen) atoms. The third kappa shape index (κ3) is 3.97. The minimum Gasteiger partial charge on any atom is -0.449 e. The minimum atomic E-state index is -0.666. The van der Waals surface area contributed by atoms with Crippen molar-refractivity contribution < 1.29 is 18.8 Å². The summed E-state index contributed by atoms with van der Waals surface area (Å²) in [6, 6.07) is 9.62. The number of amides is 1. The molecular weight excluding hydrogens is 317 g/mol. The number of nitro groups is 1. The first-order valence-electron chi connectivity index (χ1n) is 7.15. The summed E-state index contributed by atoms with van der Waals surface area (Å²) in [6.07, 6.45) is -0.666. The van der Waals surface area contributed by atoms with Crippen molar-refractivity contribution in [3.63, 3.8) is 0 Å². The van der Waals surface area contributed by atoms with Crippen LogP contribution in [0.5, 0.6) is 0 Å². The van der Waals surface area contributed by atoms with Crippen LogP contribution in [0.25, 0.3) is 0 Å². The van der Waals surface area contributed by atoms with Gasteiger partial charge in [-0.05, 0) is 36.8 Å². The van der Waals surface area contributed by atoms with Crippen LogP contribution in [-0.2, 0) is 11.3 Å². The van der Waals surface area contributed by atoms with Crippen molar-refractivity contribution in [2.75, 3.05) is 17.2 Å². The largest absolute Gasteiger partial charge is 0.449 e. The van der Waals surface area contributed by atoms with E-state index in [1.165, 1.54) is 47.4 Å². The van der Waals surface area contributed by atoms with Crippen LogP contribution in [0.4, 0.5) is 26.2 Å². The van der Waals surface area contributed by atoms with E-state index in [0.717, 1.165) is 0 Å². The molecular formula is C16H16FN3O4. The summed E-state index contributed by atoms with van der Waals surface area (Å²) >= 11 is 0. The fourth-order valence-corrected chi connectivity index (χ4v) is 2.09. The number of nitrogens with zero attached hydrogens (tertiary/aromatic N) is 2. The summed E-state index contributed by atoms with van der Waals surface area (Å²) in [7, 11) is 0. The molecule has 0 radical (unpaired) electrons. The van der Waals surface area contributed by atoms with Gasteiger partial charge in [-0.2, -0.15) is 0 Å². The van der Waals surface area contributed by atoms with E-state index in [0.29, 0.717) is 5.56 Å². The highest BCUT2D eigenvalue weighted by Crippen LogP contribution is 2.28. The minimum absolute atomic E-state index is 0.00524. The number of nitrogen functional groups attached to an aromatic ring is 1. The molecule has 8 heteroatoms. The molecule has 0 aromatic heterocycles. The lowest BCUT2D eigenvalue weighted by Crippen LogP contribution is -2.31. The van der Waals surface area contributed by atoms with E-state index in [4.69, 9.17) is 10.5 Å². The molecule has 0 unspecified atom stereocenters. The molecule has 1 amide bonds. The number of nitro benzene ring substituents is 1. The maximum absolute atomic E-state index is 13.0. The van der Waals surface area contributed by atoms with Crippen LogP contribution in [0.15, 0.2) is 42.5 Å². The lowest BCUT2D eigenvalue weighted by atomic mass is 10.2. The number of hydrogen-bond acceptors (Lipinski definition) is 5. The van der Waals surface area contributed by atoms with E-state index in [2.05, 4.69) is 0 Å². The normalized spacial score (nSPS) is 10.2. The van der Waals surface area contributed by atoms with Gasteiger partial charge in [0.2, 0.25) is 0 Å². The highest BCUT2D eigenvalue weighted by atomic mass is 19.1. The number of ether oxygens (including phenoxy) is 1. The Morgan fingerprint density at radius 1 is 1.29 bits per heavy atom. The van der Waals surface area contributed by atoms with Crippen molar-refractivity contribution in [2.24, 2.45) is 0 Å². The monoisotopic (exact) mass is 333 g/mol. The molecule has 0 bridgehead atoms. The molecule has 2 N–H and O–H groups in total. The number of benzene rings is 2. The SMILES string of the molecule is CCOC(=O)N(Cc1ccc(F)cc1)c1ccc(N)c([N+](=O)[O-])c1. The van der Waals surface area contributed by atoms with Gasteiger partial charge in [-0.15, -0.1) is 0 Å². The molecule has 0 aliphatic carbocycles. The standard InChI is InChI=1S/C16H16FN3O4/c1-2-24-16(21)19(10-11-3-5-12(17)6-4-11)13-7-8-14(18)15(9-13)20(22)23/h3-9H,2,10,18H2,1H3. The molecule has 0 saturated carbocycles. The van der Waals surface area contributed by atoms with E-state index >= 15 is 0 Å². The molecule has 2 aromatic rings. The van der Waals surface area contributed by atoms with Crippen molar-refractivity contribution in [2.45, 2.75) is 13.5 Å². The molecule has 0 spiro atoms. The van der Waals surface area contributed by atoms with Gasteiger partial charge in [0.25, 0.3) is 5.69 Å². The maximum atomic E-state index is 13.0. The Morgan fingerprint density at radius 2 is 1.96 bits per heavy atom. The molecule has 2 rings (SSSR count). The van der Waals surface area contributed by atoms with Crippen molar-refractivity contribution in [3.8, 4) is 0 Å². The van der Waals surface area contributed by atoms with Crippen LogP contribution < -0.4 is 10.6 Å². The average Bonchev–Trinajstić information content (AvgIpc) is 2.55. The second-order valence-electron chi connectivity index (χ2n) is 4.91. The summed E-state index contributed by atoms with van der Waals surface area (Å²) < 4.78 is 18.0. The first-order chi connectivity index (χ1) is 11.4. The van der Waals surface area contributed by atoms with Gasteiger partial charge >= 0.3 is 6.09 Å². The van der Waals surface area contributed by atoms with Crippen LogP contribution in [0, 0.1) is 15.9 Å². The topological polar surface area (TPSA) is 98.7 Å². The summed E-state index contributed by atoms with van der Waals surface area (Å²) in [5, 5.41) is 11.0. The zero-order valence-corrected chi connectivity index (χ0v) is 12.9. The Balaban J connectivity index is 2.39. The molecule has 0 aliphatic rings. The predicted molar refractivity (Wildman–Crippen MR) is 87.1 cm³/mol. The van der Waals surface area contributed by atoms with E-state index in [-0.39, 0.29) is 30.2 Å². The first-order valence-corrected chi connectivity index (χ1v) is 7.15. The summed E-state index contributed by atoms with van der Waals surface area (Å²) in [6.45, 7) is 1.87. The Hall–Kier alpha value is -3.16. The highest BCUT2D eigenvalue weighted by Gasteiger charge is 2.21. The number of anilines is 2.